The highest BCUT2D eigenvalue weighted by atomic mass is 16.6. The lowest BCUT2D eigenvalue weighted by atomic mass is 9.95. The number of ether oxygens (including phenoxy) is 2. The molecule has 1 saturated carbocycles. The topological polar surface area (TPSA) is 115 Å². The minimum Gasteiger partial charge on any atom is -0.461 e. The van der Waals surface area contributed by atoms with Gasteiger partial charge >= 0.3 is 12.1 Å². The van der Waals surface area contributed by atoms with Crippen LogP contribution in [0, 0.1) is 0 Å². The average molecular weight is 576 g/mol. The number of carbonyl (C=O) groups is 2. The first kappa shape index (κ1) is 29.3. The Morgan fingerprint density at radius 3 is 2.50 bits per heavy atom. The third kappa shape index (κ3) is 7.37. The Hall–Kier alpha value is -4.15. The first-order valence-electron chi connectivity index (χ1n) is 14.9. The van der Waals surface area contributed by atoms with E-state index in [2.05, 4.69) is 20.2 Å². The van der Waals surface area contributed by atoms with Crippen LogP contribution in [0.3, 0.4) is 0 Å². The summed E-state index contributed by atoms with van der Waals surface area (Å²) in [7, 11) is 0. The number of rotatable bonds is 7. The van der Waals surface area contributed by atoms with Crippen molar-refractivity contribution in [3.05, 3.63) is 48.7 Å². The van der Waals surface area contributed by atoms with Gasteiger partial charge in [0.1, 0.15) is 23.6 Å². The van der Waals surface area contributed by atoms with Crippen LogP contribution in [0.4, 0.5) is 16.4 Å². The second kappa shape index (κ2) is 12.8. The molecule has 0 aromatic carbocycles. The van der Waals surface area contributed by atoms with Gasteiger partial charge in [0.05, 0.1) is 18.0 Å². The van der Waals surface area contributed by atoms with Gasteiger partial charge < -0.3 is 29.2 Å². The molecule has 0 spiro atoms. The molecule has 2 fully saturated rings. The number of carbonyl (C=O) groups excluding carboxylic acids is 2. The molecule has 0 radical (unpaired) electrons. The smallest absolute Gasteiger partial charge is 0.410 e. The SMILES string of the molecule is CCOC(=O)c1cn(-c2cc(-c3ccnc(NC4CCCCC4)c3)nc(N3CCN(C(=O)OC(C)(C)C)CC3)c2)cn1. The van der Waals surface area contributed by atoms with Gasteiger partial charge in [-0.15, -0.1) is 0 Å². The fourth-order valence-electron chi connectivity index (χ4n) is 5.30. The number of amides is 1. The Morgan fingerprint density at radius 1 is 1.02 bits per heavy atom. The van der Waals surface area contributed by atoms with Crippen molar-refractivity contribution in [3.8, 4) is 16.9 Å². The Balaban J connectivity index is 1.43. The van der Waals surface area contributed by atoms with Crippen molar-refractivity contribution in [3.63, 3.8) is 0 Å². The van der Waals surface area contributed by atoms with E-state index in [-0.39, 0.29) is 18.4 Å². The van der Waals surface area contributed by atoms with Crippen LogP contribution in [0.15, 0.2) is 43.0 Å². The average Bonchev–Trinajstić information content (AvgIpc) is 3.48. The molecule has 1 aliphatic carbocycles. The van der Waals surface area contributed by atoms with Gasteiger partial charge in [-0.3, -0.25) is 0 Å². The van der Waals surface area contributed by atoms with Crippen LogP contribution in [0.2, 0.25) is 0 Å². The number of aromatic nitrogens is 4. The molecule has 11 nitrogen and oxygen atoms in total. The maximum absolute atomic E-state index is 12.6. The van der Waals surface area contributed by atoms with Crippen LogP contribution < -0.4 is 10.2 Å². The predicted octanol–water partition coefficient (Wildman–Crippen LogP) is 5.31. The van der Waals surface area contributed by atoms with Crippen LogP contribution in [0.25, 0.3) is 16.9 Å². The van der Waals surface area contributed by atoms with Crippen molar-refractivity contribution in [1.82, 2.24) is 24.4 Å². The lowest BCUT2D eigenvalue weighted by molar-refractivity contribution is 0.0240. The fraction of sp³-hybridized carbons (Fsp3) is 0.516. The molecule has 1 saturated heterocycles. The number of esters is 1. The summed E-state index contributed by atoms with van der Waals surface area (Å²) >= 11 is 0. The van der Waals surface area contributed by atoms with E-state index < -0.39 is 11.6 Å². The number of nitrogens with one attached hydrogen (secondary N) is 1. The summed E-state index contributed by atoms with van der Waals surface area (Å²) in [5, 5.41) is 3.61. The monoisotopic (exact) mass is 575 g/mol. The van der Waals surface area contributed by atoms with E-state index in [0.29, 0.717) is 32.2 Å². The Morgan fingerprint density at radius 2 is 1.79 bits per heavy atom. The summed E-state index contributed by atoms with van der Waals surface area (Å²) in [5.74, 6) is 1.15. The number of hydrogen-bond acceptors (Lipinski definition) is 9. The molecule has 3 aromatic rings. The lowest BCUT2D eigenvalue weighted by Gasteiger charge is -2.36. The zero-order chi connectivity index (χ0) is 29.7. The van der Waals surface area contributed by atoms with E-state index in [1.165, 1.54) is 19.3 Å². The molecule has 2 aliphatic rings. The van der Waals surface area contributed by atoms with Crippen molar-refractivity contribution in [2.24, 2.45) is 0 Å². The van der Waals surface area contributed by atoms with Gasteiger partial charge in [-0.2, -0.15) is 0 Å². The molecule has 0 unspecified atom stereocenters. The summed E-state index contributed by atoms with van der Waals surface area (Å²) in [4.78, 5) is 42.7. The highest BCUT2D eigenvalue weighted by molar-refractivity contribution is 5.87. The molecule has 0 bridgehead atoms. The van der Waals surface area contributed by atoms with Crippen LogP contribution in [-0.2, 0) is 9.47 Å². The second-order valence-corrected chi connectivity index (χ2v) is 11.8. The molecule has 3 aromatic heterocycles. The molecule has 4 heterocycles. The first-order chi connectivity index (χ1) is 20.2. The number of nitrogens with zero attached hydrogens (tertiary/aromatic N) is 6. The van der Waals surface area contributed by atoms with Gasteiger partial charge in [0.25, 0.3) is 0 Å². The molecule has 11 heteroatoms. The summed E-state index contributed by atoms with van der Waals surface area (Å²) in [6.45, 7) is 9.94. The maximum Gasteiger partial charge on any atom is 0.410 e. The van der Waals surface area contributed by atoms with Crippen molar-refractivity contribution in [2.75, 3.05) is 43.0 Å². The van der Waals surface area contributed by atoms with Crippen LogP contribution in [0.1, 0.15) is 70.3 Å². The third-order valence-corrected chi connectivity index (χ3v) is 7.43. The van der Waals surface area contributed by atoms with Gasteiger partial charge in [-0.1, -0.05) is 19.3 Å². The number of hydrogen-bond donors (Lipinski definition) is 1. The zero-order valence-corrected chi connectivity index (χ0v) is 25.0. The summed E-state index contributed by atoms with van der Waals surface area (Å²) in [6, 6.07) is 8.40. The molecular weight excluding hydrogens is 534 g/mol. The number of imidazole rings is 1. The molecule has 1 aliphatic heterocycles. The highest BCUT2D eigenvalue weighted by Crippen LogP contribution is 2.28. The fourth-order valence-corrected chi connectivity index (χ4v) is 5.30. The third-order valence-electron chi connectivity index (χ3n) is 7.43. The molecule has 224 valence electrons. The zero-order valence-electron chi connectivity index (χ0n) is 25.0. The van der Waals surface area contributed by atoms with Gasteiger partial charge in [0, 0.05) is 56.2 Å². The molecule has 42 heavy (non-hydrogen) atoms. The molecule has 1 amide bonds. The van der Waals surface area contributed by atoms with E-state index in [0.717, 1.165) is 41.4 Å². The van der Waals surface area contributed by atoms with Crippen LogP contribution in [-0.4, -0.2) is 80.9 Å². The van der Waals surface area contributed by atoms with Gasteiger partial charge in [0.2, 0.25) is 0 Å². The van der Waals surface area contributed by atoms with Crippen LogP contribution in [0.5, 0.6) is 0 Å². The quantitative estimate of drug-likeness (QED) is 0.374. The lowest BCUT2D eigenvalue weighted by Crippen LogP contribution is -2.50. The number of piperazine rings is 1. The number of pyridine rings is 2. The maximum atomic E-state index is 12.6. The van der Waals surface area contributed by atoms with E-state index in [4.69, 9.17) is 14.5 Å². The van der Waals surface area contributed by atoms with E-state index in [1.54, 1.807) is 28.9 Å². The van der Waals surface area contributed by atoms with E-state index in [9.17, 15) is 9.59 Å². The molecule has 1 N–H and O–H groups in total. The largest absolute Gasteiger partial charge is 0.461 e. The van der Waals surface area contributed by atoms with Crippen LogP contribution >= 0.6 is 0 Å². The van der Waals surface area contributed by atoms with Gasteiger partial charge in [0.15, 0.2) is 5.69 Å². The standard InChI is InChI=1S/C31H41N7O4/c1-5-41-29(39)26-20-38(21-33-26)24-18-25(22-11-12-32-27(17-22)34-23-9-7-6-8-10-23)35-28(19-24)36-13-15-37(16-14-36)30(40)42-31(2,3)4/h11-12,17-21,23H,5-10,13-16H2,1-4H3,(H,32,34). The van der Waals surface area contributed by atoms with Crippen molar-refractivity contribution in [1.29, 1.82) is 0 Å². The normalized spacial score (nSPS) is 16.3. The van der Waals surface area contributed by atoms with Gasteiger partial charge in [-0.25, -0.2) is 24.5 Å². The van der Waals surface area contributed by atoms with Crippen molar-refractivity contribution < 1.29 is 19.1 Å². The summed E-state index contributed by atoms with van der Waals surface area (Å²) < 4.78 is 12.5. The Kier molecular flexibility index (Phi) is 8.94. The minimum absolute atomic E-state index is 0.241. The molecule has 5 rings (SSSR count). The second-order valence-electron chi connectivity index (χ2n) is 11.8. The van der Waals surface area contributed by atoms with E-state index in [1.807, 2.05) is 51.2 Å². The van der Waals surface area contributed by atoms with Gasteiger partial charge in [-0.05, 0) is 58.7 Å². The summed E-state index contributed by atoms with van der Waals surface area (Å²) in [6.07, 6.45) is 10.9. The summed E-state index contributed by atoms with van der Waals surface area (Å²) in [5.41, 5.74) is 2.22. The predicted molar refractivity (Wildman–Crippen MR) is 161 cm³/mol. The molecular formula is C31H41N7O4. The van der Waals surface area contributed by atoms with E-state index >= 15 is 0 Å². The highest BCUT2D eigenvalue weighted by Gasteiger charge is 2.27. The van der Waals surface area contributed by atoms with Crippen molar-refractivity contribution in [2.45, 2.75) is 71.4 Å². The molecule has 0 atom stereocenters. The first-order valence-corrected chi connectivity index (χ1v) is 14.9. The number of anilines is 2. The van der Waals surface area contributed by atoms with Crippen molar-refractivity contribution >= 4 is 23.7 Å². The minimum atomic E-state index is -0.540. The Bertz CT molecular complexity index is 1390. The Labute approximate surface area is 247 Å².